The number of nitrogens with zero attached hydrogens (tertiary/aromatic N) is 1. The summed E-state index contributed by atoms with van der Waals surface area (Å²) in [5.74, 6) is 2.07. The Kier molecular flexibility index (Phi) is 5.60. The van der Waals surface area contributed by atoms with Crippen LogP contribution in [0.2, 0.25) is 0 Å². The second-order valence-corrected chi connectivity index (χ2v) is 6.59. The van der Waals surface area contributed by atoms with Crippen molar-refractivity contribution in [3.05, 3.63) is 40.1 Å². The van der Waals surface area contributed by atoms with Gasteiger partial charge in [-0.05, 0) is 46.5 Å². The van der Waals surface area contributed by atoms with Crippen molar-refractivity contribution in [2.45, 2.75) is 32.5 Å². The molecule has 0 radical (unpaired) electrons. The van der Waals surface area contributed by atoms with Crippen LogP contribution in [0.4, 0.5) is 0 Å². The van der Waals surface area contributed by atoms with Crippen molar-refractivity contribution in [3.8, 4) is 17.2 Å². The Morgan fingerprint density at radius 3 is 2.79 bits per heavy atom. The van der Waals surface area contributed by atoms with Gasteiger partial charge >= 0.3 is 0 Å². The van der Waals surface area contributed by atoms with Crippen molar-refractivity contribution in [3.63, 3.8) is 0 Å². The van der Waals surface area contributed by atoms with Crippen LogP contribution in [0.25, 0.3) is 0 Å². The topological polar surface area (TPSA) is 51.2 Å². The monoisotopic (exact) mass is 349 g/mol. The molecule has 130 valence electrons. The van der Waals surface area contributed by atoms with Crippen LogP contribution in [-0.2, 0) is 13.1 Å². The second-order valence-electron chi connectivity index (χ2n) is 5.81. The number of benzene rings is 1. The van der Waals surface area contributed by atoms with Crippen LogP contribution < -0.4 is 14.2 Å². The maximum absolute atomic E-state index is 9.75. The minimum atomic E-state index is 0.112. The van der Waals surface area contributed by atoms with Gasteiger partial charge in [0.2, 0.25) is 12.5 Å². The Morgan fingerprint density at radius 2 is 2.12 bits per heavy atom. The lowest BCUT2D eigenvalue weighted by atomic mass is 10.1. The van der Waals surface area contributed by atoms with Gasteiger partial charge in [-0.15, -0.1) is 0 Å². The highest BCUT2D eigenvalue weighted by atomic mass is 32.1. The summed E-state index contributed by atoms with van der Waals surface area (Å²) in [7, 11) is 1.63. The summed E-state index contributed by atoms with van der Waals surface area (Å²) in [6, 6.07) is 6.22. The highest BCUT2D eigenvalue weighted by molar-refractivity contribution is 7.07. The second kappa shape index (κ2) is 7.88. The third-order valence-electron chi connectivity index (χ3n) is 4.27. The van der Waals surface area contributed by atoms with E-state index in [9.17, 15) is 5.11 Å². The molecule has 1 aliphatic rings. The molecule has 0 amide bonds. The smallest absolute Gasteiger partial charge is 0.231 e. The van der Waals surface area contributed by atoms with E-state index in [1.165, 1.54) is 5.56 Å². The van der Waals surface area contributed by atoms with Crippen molar-refractivity contribution >= 4 is 11.3 Å². The average molecular weight is 349 g/mol. The fourth-order valence-electron chi connectivity index (χ4n) is 2.94. The highest BCUT2D eigenvalue weighted by Gasteiger charge is 2.23. The first-order chi connectivity index (χ1) is 11.7. The van der Waals surface area contributed by atoms with Crippen molar-refractivity contribution < 1.29 is 19.3 Å². The summed E-state index contributed by atoms with van der Waals surface area (Å²) < 4.78 is 16.4. The first-order valence-corrected chi connectivity index (χ1v) is 9.02. The largest absolute Gasteiger partial charge is 0.493 e. The lowest BCUT2D eigenvalue weighted by Gasteiger charge is -2.29. The molecule has 0 fully saturated rings. The molecule has 1 N–H and O–H groups in total. The van der Waals surface area contributed by atoms with Crippen molar-refractivity contribution in [2.24, 2.45) is 0 Å². The molecule has 1 aromatic heterocycles. The first-order valence-electron chi connectivity index (χ1n) is 8.07. The van der Waals surface area contributed by atoms with Gasteiger partial charge in [0.25, 0.3) is 0 Å². The van der Waals surface area contributed by atoms with Gasteiger partial charge in [-0.3, -0.25) is 4.90 Å². The van der Waals surface area contributed by atoms with Crippen molar-refractivity contribution in [1.82, 2.24) is 4.90 Å². The van der Waals surface area contributed by atoms with E-state index in [2.05, 4.69) is 28.7 Å². The van der Waals surface area contributed by atoms with Crippen LogP contribution in [-0.4, -0.2) is 36.6 Å². The molecular weight excluding hydrogens is 326 g/mol. The van der Waals surface area contributed by atoms with Crippen LogP contribution in [0, 0.1) is 0 Å². The Hall–Kier alpha value is -1.76. The van der Waals surface area contributed by atoms with E-state index in [4.69, 9.17) is 14.2 Å². The molecule has 1 aromatic carbocycles. The molecule has 0 bridgehead atoms. The van der Waals surface area contributed by atoms with E-state index >= 15 is 0 Å². The van der Waals surface area contributed by atoms with Gasteiger partial charge in [0.05, 0.1) is 13.7 Å². The Labute approximate surface area is 146 Å². The molecule has 2 heterocycles. The number of aliphatic hydroxyl groups excluding tert-OH is 1. The Morgan fingerprint density at radius 1 is 1.29 bits per heavy atom. The fourth-order valence-corrected chi connectivity index (χ4v) is 3.60. The highest BCUT2D eigenvalue weighted by Crippen LogP contribution is 2.42. The number of methoxy groups -OCH3 is 1. The molecule has 0 aliphatic carbocycles. The van der Waals surface area contributed by atoms with E-state index in [1.54, 1.807) is 18.4 Å². The number of hydrogen-bond donors (Lipinski definition) is 1. The molecule has 0 saturated carbocycles. The Balaban J connectivity index is 1.84. The van der Waals surface area contributed by atoms with E-state index in [0.717, 1.165) is 24.3 Å². The first kappa shape index (κ1) is 17.1. The quantitative estimate of drug-likeness (QED) is 0.793. The molecule has 0 spiro atoms. The van der Waals surface area contributed by atoms with Crippen LogP contribution in [0.3, 0.4) is 0 Å². The van der Waals surface area contributed by atoms with Crippen LogP contribution >= 0.6 is 11.3 Å². The zero-order valence-electron chi connectivity index (χ0n) is 14.0. The average Bonchev–Trinajstić information content (AvgIpc) is 3.26. The summed E-state index contributed by atoms with van der Waals surface area (Å²) in [5.41, 5.74) is 2.35. The van der Waals surface area contributed by atoms with E-state index in [0.29, 0.717) is 18.0 Å². The zero-order valence-corrected chi connectivity index (χ0v) is 14.8. The van der Waals surface area contributed by atoms with Gasteiger partial charge in [-0.25, -0.2) is 0 Å². The van der Waals surface area contributed by atoms with Gasteiger partial charge in [0, 0.05) is 19.1 Å². The van der Waals surface area contributed by atoms with Gasteiger partial charge in [-0.1, -0.05) is 6.92 Å². The van der Waals surface area contributed by atoms with E-state index < -0.39 is 0 Å². The zero-order chi connectivity index (χ0) is 16.9. The molecule has 1 aliphatic heterocycles. The number of rotatable bonds is 8. The third kappa shape index (κ3) is 3.66. The van der Waals surface area contributed by atoms with Gasteiger partial charge in [0.15, 0.2) is 11.5 Å². The lowest BCUT2D eigenvalue weighted by Crippen LogP contribution is -2.36. The summed E-state index contributed by atoms with van der Waals surface area (Å²) in [6.07, 6.45) is 0.891. The summed E-state index contributed by atoms with van der Waals surface area (Å²) in [4.78, 5) is 2.29. The molecule has 0 saturated heterocycles. The Bertz CT molecular complexity index is 655. The molecule has 24 heavy (non-hydrogen) atoms. The number of ether oxygens (including phenoxy) is 3. The number of hydrogen-bond acceptors (Lipinski definition) is 6. The molecular formula is C18H23NO4S. The maximum Gasteiger partial charge on any atom is 0.231 e. The van der Waals surface area contributed by atoms with Crippen molar-refractivity contribution in [2.75, 3.05) is 20.5 Å². The SMILES string of the molecule is CC[C@@H](CO)N(Cc1ccsc1)Cc1cc(OC)c2c(c1)OCO2. The van der Waals surface area contributed by atoms with E-state index in [-0.39, 0.29) is 19.4 Å². The van der Waals surface area contributed by atoms with Crippen molar-refractivity contribution in [1.29, 1.82) is 0 Å². The van der Waals surface area contributed by atoms with Gasteiger partial charge in [-0.2, -0.15) is 11.3 Å². The standard InChI is InChI=1S/C18H23NO4S/c1-3-15(10-20)19(8-13-4-5-24-11-13)9-14-6-16(21-2)18-17(7-14)22-12-23-18/h4-7,11,15,20H,3,8-10,12H2,1-2H3/t15-/m0/s1. The van der Waals surface area contributed by atoms with E-state index in [1.807, 2.05) is 12.1 Å². The summed E-state index contributed by atoms with van der Waals surface area (Å²) in [6.45, 7) is 3.98. The van der Waals surface area contributed by atoms with Crippen LogP contribution in [0.1, 0.15) is 24.5 Å². The van der Waals surface area contributed by atoms with Gasteiger partial charge in [0.1, 0.15) is 0 Å². The molecule has 1 atom stereocenters. The summed E-state index contributed by atoms with van der Waals surface area (Å²) >= 11 is 1.69. The predicted octanol–water partition coefficient (Wildman–Crippen LogP) is 3.26. The lowest BCUT2D eigenvalue weighted by molar-refractivity contribution is 0.107. The van der Waals surface area contributed by atoms with Gasteiger partial charge < -0.3 is 19.3 Å². The van der Waals surface area contributed by atoms with Crippen LogP contribution in [0.5, 0.6) is 17.2 Å². The normalized spacial score (nSPS) is 14.2. The number of fused-ring (bicyclic) bond motifs is 1. The molecule has 5 nitrogen and oxygen atoms in total. The predicted molar refractivity (Wildman–Crippen MR) is 93.8 cm³/mol. The molecule has 6 heteroatoms. The number of aliphatic hydroxyl groups is 1. The molecule has 3 rings (SSSR count). The summed E-state index contributed by atoms with van der Waals surface area (Å²) in [5, 5.41) is 14.0. The van der Waals surface area contributed by atoms with Crippen LogP contribution in [0.15, 0.2) is 29.0 Å². The maximum atomic E-state index is 9.75. The third-order valence-corrected chi connectivity index (χ3v) is 5.00. The fraction of sp³-hybridized carbons (Fsp3) is 0.444. The number of thiophene rings is 1. The minimum Gasteiger partial charge on any atom is -0.493 e. The molecule has 2 aromatic rings. The minimum absolute atomic E-state index is 0.112. The molecule has 0 unspecified atom stereocenters.